The van der Waals surface area contributed by atoms with Crippen molar-refractivity contribution in [3.05, 3.63) is 77.3 Å². The molecule has 0 saturated carbocycles. The van der Waals surface area contributed by atoms with Crippen LogP contribution in [-0.2, 0) is 16.4 Å². The summed E-state index contributed by atoms with van der Waals surface area (Å²) in [5.41, 5.74) is 1.04. The van der Waals surface area contributed by atoms with Gasteiger partial charge in [-0.1, -0.05) is 54.1 Å². The molecule has 2 aromatic carbocycles. The summed E-state index contributed by atoms with van der Waals surface area (Å²) in [6, 6.07) is 11.5. The van der Waals surface area contributed by atoms with E-state index in [4.69, 9.17) is 16.3 Å². The summed E-state index contributed by atoms with van der Waals surface area (Å²) in [7, 11) is -3.94. The summed E-state index contributed by atoms with van der Waals surface area (Å²) in [4.78, 5) is -0.148. The Morgan fingerprint density at radius 1 is 1.24 bits per heavy atom. The largest absolute Gasteiger partial charge is 0.475 e. The molecule has 29 heavy (non-hydrogen) atoms. The third-order valence-corrected chi connectivity index (χ3v) is 6.49. The van der Waals surface area contributed by atoms with Crippen LogP contribution in [0.15, 0.2) is 66.1 Å². The second kappa shape index (κ2) is 8.22. The van der Waals surface area contributed by atoms with Crippen LogP contribution in [0.1, 0.15) is 11.1 Å². The third-order valence-electron chi connectivity index (χ3n) is 4.29. The first-order valence-corrected chi connectivity index (χ1v) is 10.4. The minimum absolute atomic E-state index is 0.148. The number of rotatable bonds is 6. The molecule has 0 bridgehead atoms. The molecule has 154 valence electrons. The van der Waals surface area contributed by atoms with E-state index in [0.29, 0.717) is 0 Å². The minimum atomic E-state index is -4.60. The average Bonchev–Trinajstić information content (AvgIpc) is 2.68. The molecule has 1 heterocycles. The molecule has 2 aromatic rings. The summed E-state index contributed by atoms with van der Waals surface area (Å²) in [6.45, 7) is 3.86. The van der Waals surface area contributed by atoms with Gasteiger partial charge in [0.25, 0.3) is 0 Å². The number of hydrogen-bond donors (Lipinski definition) is 1. The SMILES string of the molecule is C=CC(NCc1ccccc1)S(=O)(=O)c1cc(Cl)c2c(c1)C=CC(C(F)(F)F)O2. The fourth-order valence-corrected chi connectivity index (χ4v) is 4.57. The Kier molecular flexibility index (Phi) is 6.07. The van der Waals surface area contributed by atoms with Crippen molar-refractivity contribution in [2.45, 2.75) is 29.1 Å². The number of benzene rings is 2. The van der Waals surface area contributed by atoms with Crippen molar-refractivity contribution in [1.82, 2.24) is 5.32 Å². The average molecular weight is 444 g/mol. The first kappa shape index (κ1) is 21.4. The summed E-state index contributed by atoms with van der Waals surface area (Å²) < 4.78 is 69.6. The van der Waals surface area contributed by atoms with E-state index in [1.165, 1.54) is 12.1 Å². The van der Waals surface area contributed by atoms with E-state index in [0.717, 1.165) is 23.8 Å². The molecular weight excluding hydrogens is 427 g/mol. The van der Waals surface area contributed by atoms with Gasteiger partial charge < -0.3 is 4.74 Å². The van der Waals surface area contributed by atoms with E-state index in [-0.39, 0.29) is 27.8 Å². The van der Waals surface area contributed by atoms with Crippen molar-refractivity contribution in [3.8, 4) is 5.75 Å². The minimum Gasteiger partial charge on any atom is -0.475 e. The van der Waals surface area contributed by atoms with Gasteiger partial charge in [-0.05, 0) is 23.8 Å². The molecule has 0 radical (unpaired) electrons. The molecule has 0 saturated heterocycles. The van der Waals surface area contributed by atoms with Gasteiger partial charge in [0.2, 0.25) is 6.10 Å². The van der Waals surface area contributed by atoms with Gasteiger partial charge >= 0.3 is 6.18 Å². The zero-order valence-corrected chi connectivity index (χ0v) is 16.6. The molecule has 2 atom stereocenters. The van der Waals surface area contributed by atoms with Crippen LogP contribution in [-0.4, -0.2) is 26.1 Å². The van der Waals surface area contributed by atoms with Crippen LogP contribution in [0.25, 0.3) is 6.08 Å². The molecule has 1 N–H and O–H groups in total. The molecule has 9 heteroatoms. The first-order valence-electron chi connectivity index (χ1n) is 8.52. The van der Waals surface area contributed by atoms with E-state index in [1.54, 1.807) is 0 Å². The molecule has 0 aromatic heterocycles. The maximum Gasteiger partial charge on any atom is 0.429 e. The van der Waals surface area contributed by atoms with Crippen molar-refractivity contribution < 1.29 is 26.3 Å². The second-order valence-electron chi connectivity index (χ2n) is 6.33. The fraction of sp³-hybridized carbons (Fsp3) is 0.200. The van der Waals surface area contributed by atoms with Gasteiger partial charge in [-0.15, -0.1) is 6.58 Å². The Hall–Kier alpha value is -2.29. The summed E-state index contributed by atoms with van der Waals surface area (Å²) in [6.07, 6.45) is -3.52. The number of nitrogens with one attached hydrogen (secondary N) is 1. The van der Waals surface area contributed by atoms with Crippen LogP contribution in [0.5, 0.6) is 5.75 Å². The Balaban J connectivity index is 1.88. The summed E-state index contributed by atoms with van der Waals surface area (Å²) >= 11 is 6.05. The van der Waals surface area contributed by atoms with Gasteiger partial charge in [0, 0.05) is 12.1 Å². The Bertz CT molecular complexity index is 1040. The summed E-state index contributed by atoms with van der Waals surface area (Å²) in [5.74, 6) is -0.206. The number of ether oxygens (including phenoxy) is 1. The maximum atomic E-state index is 13.0. The lowest BCUT2D eigenvalue weighted by Crippen LogP contribution is -2.35. The summed E-state index contributed by atoms with van der Waals surface area (Å²) in [5, 5.41) is 1.57. The maximum absolute atomic E-state index is 13.0. The molecule has 1 aliphatic heterocycles. The van der Waals surface area contributed by atoms with E-state index in [9.17, 15) is 21.6 Å². The van der Waals surface area contributed by atoms with Crippen molar-refractivity contribution >= 4 is 27.5 Å². The molecule has 1 aliphatic rings. The Labute approximate surface area is 171 Å². The topological polar surface area (TPSA) is 55.4 Å². The normalized spacial score (nSPS) is 17.3. The lowest BCUT2D eigenvalue weighted by molar-refractivity contribution is -0.180. The molecule has 0 aliphatic carbocycles. The van der Waals surface area contributed by atoms with Gasteiger partial charge in [-0.2, -0.15) is 13.2 Å². The van der Waals surface area contributed by atoms with E-state index >= 15 is 0 Å². The quantitative estimate of drug-likeness (QED) is 0.654. The number of hydrogen-bond acceptors (Lipinski definition) is 4. The zero-order chi connectivity index (χ0) is 21.2. The molecule has 4 nitrogen and oxygen atoms in total. The van der Waals surface area contributed by atoms with Crippen LogP contribution >= 0.6 is 11.6 Å². The van der Waals surface area contributed by atoms with Crippen LogP contribution in [0.4, 0.5) is 13.2 Å². The molecule has 2 unspecified atom stereocenters. The van der Waals surface area contributed by atoms with Crippen molar-refractivity contribution in [1.29, 1.82) is 0 Å². The van der Waals surface area contributed by atoms with Gasteiger partial charge in [0.1, 0.15) is 11.1 Å². The smallest absolute Gasteiger partial charge is 0.429 e. The van der Waals surface area contributed by atoms with Crippen LogP contribution in [0.3, 0.4) is 0 Å². The highest BCUT2D eigenvalue weighted by Gasteiger charge is 2.42. The highest BCUT2D eigenvalue weighted by Crippen LogP contribution is 2.39. The predicted molar refractivity (Wildman–Crippen MR) is 105 cm³/mol. The van der Waals surface area contributed by atoms with Crippen LogP contribution in [0.2, 0.25) is 5.02 Å². The lowest BCUT2D eigenvalue weighted by Gasteiger charge is -2.25. The highest BCUT2D eigenvalue weighted by molar-refractivity contribution is 7.92. The number of halogens is 4. The van der Waals surface area contributed by atoms with Gasteiger partial charge in [-0.3, -0.25) is 5.32 Å². The van der Waals surface area contributed by atoms with E-state index < -0.39 is 27.5 Å². The predicted octanol–water partition coefficient (Wildman–Crippen LogP) is 4.75. The molecular formula is C20H17ClF3NO3S. The number of fused-ring (bicyclic) bond motifs is 1. The third kappa shape index (κ3) is 4.66. The standard InChI is InChI=1S/C20H17ClF3NO3S/c1-2-18(25-12-13-6-4-3-5-7-13)29(26,27)15-10-14-8-9-17(20(22,23)24)28-19(14)16(21)11-15/h2-11,17-18,25H,1,12H2. The first-order chi connectivity index (χ1) is 13.6. The van der Waals surface area contributed by atoms with E-state index in [2.05, 4.69) is 11.9 Å². The van der Waals surface area contributed by atoms with Crippen molar-refractivity contribution in [2.75, 3.05) is 0 Å². The lowest BCUT2D eigenvalue weighted by atomic mass is 10.1. The van der Waals surface area contributed by atoms with Gasteiger partial charge in [0.05, 0.1) is 9.92 Å². The molecule has 0 fully saturated rings. The molecule has 0 amide bonds. The van der Waals surface area contributed by atoms with Gasteiger partial charge in [-0.25, -0.2) is 8.42 Å². The van der Waals surface area contributed by atoms with Crippen LogP contribution < -0.4 is 10.1 Å². The monoisotopic (exact) mass is 443 g/mol. The Morgan fingerprint density at radius 3 is 2.55 bits per heavy atom. The number of sulfone groups is 1. The zero-order valence-electron chi connectivity index (χ0n) is 15.0. The van der Waals surface area contributed by atoms with E-state index in [1.807, 2.05) is 30.3 Å². The number of alkyl halides is 3. The molecule has 3 rings (SSSR count). The highest BCUT2D eigenvalue weighted by atomic mass is 35.5. The fourth-order valence-electron chi connectivity index (χ4n) is 2.82. The van der Waals surface area contributed by atoms with Crippen molar-refractivity contribution in [2.24, 2.45) is 0 Å². The van der Waals surface area contributed by atoms with Crippen LogP contribution in [0, 0.1) is 0 Å². The van der Waals surface area contributed by atoms with Crippen molar-refractivity contribution in [3.63, 3.8) is 0 Å². The molecule has 0 spiro atoms. The second-order valence-corrected chi connectivity index (χ2v) is 8.81. The van der Waals surface area contributed by atoms with Gasteiger partial charge in [0.15, 0.2) is 9.84 Å². The Morgan fingerprint density at radius 2 is 1.93 bits per heavy atom.